The van der Waals surface area contributed by atoms with Crippen LogP contribution >= 0.6 is 51.5 Å². The molecule has 1 amide bonds. The van der Waals surface area contributed by atoms with E-state index < -0.39 is 0 Å². The first-order valence-electron chi connectivity index (χ1n) is 7.57. The maximum absolute atomic E-state index is 11.9. The molecule has 1 heterocycles. The number of carbonyl (C=O) groups is 1. The Labute approximate surface area is 174 Å². The van der Waals surface area contributed by atoms with Gasteiger partial charge in [-0.1, -0.05) is 51.5 Å². The van der Waals surface area contributed by atoms with Crippen molar-refractivity contribution in [3.05, 3.63) is 62.4 Å². The van der Waals surface area contributed by atoms with Crippen molar-refractivity contribution < 1.29 is 14.3 Å². The summed E-state index contributed by atoms with van der Waals surface area (Å²) in [6.07, 6.45) is 1.76. The molecule has 1 N–H and O–H groups in total. The summed E-state index contributed by atoms with van der Waals surface area (Å²) in [5.74, 6) is 1.19. The Hall–Kier alpha value is -1.54. The molecule has 4 nitrogen and oxygen atoms in total. The number of hydrogen-bond acceptors (Lipinski definition) is 5. The van der Waals surface area contributed by atoms with E-state index in [1.807, 2.05) is 18.2 Å². The van der Waals surface area contributed by atoms with Crippen LogP contribution in [0.15, 0.2) is 51.8 Å². The molecule has 0 spiro atoms. The van der Waals surface area contributed by atoms with Gasteiger partial charge in [-0.3, -0.25) is 4.79 Å². The van der Waals surface area contributed by atoms with E-state index in [-0.39, 0.29) is 5.91 Å². The van der Waals surface area contributed by atoms with Crippen molar-refractivity contribution in [2.75, 3.05) is 13.2 Å². The van der Waals surface area contributed by atoms with Crippen LogP contribution in [0.4, 0.5) is 0 Å². The Balaban J connectivity index is 1.64. The summed E-state index contributed by atoms with van der Waals surface area (Å²) >= 11 is 15.5. The lowest BCUT2D eigenvalue weighted by Gasteiger charge is -2.11. The lowest BCUT2D eigenvalue weighted by molar-refractivity contribution is -0.115. The van der Waals surface area contributed by atoms with Crippen molar-refractivity contribution in [3.63, 3.8) is 0 Å². The van der Waals surface area contributed by atoms with Crippen LogP contribution in [0.5, 0.6) is 11.5 Å². The smallest absolute Gasteiger partial charge is 0.263 e. The van der Waals surface area contributed by atoms with E-state index in [2.05, 4.69) is 21.2 Å². The van der Waals surface area contributed by atoms with Gasteiger partial charge in [0.15, 0.2) is 0 Å². The Morgan fingerprint density at radius 1 is 1.15 bits per heavy atom. The molecule has 1 aliphatic rings. The molecule has 26 heavy (non-hydrogen) atoms. The summed E-state index contributed by atoms with van der Waals surface area (Å²) < 4.78 is 12.8. The highest BCUT2D eigenvalue weighted by molar-refractivity contribution is 9.10. The number of carbonyl (C=O) groups excluding carboxylic acids is 1. The summed E-state index contributed by atoms with van der Waals surface area (Å²) in [7, 11) is 0. The van der Waals surface area contributed by atoms with Gasteiger partial charge >= 0.3 is 0 Å². The summed E-state index contributed by atoms with van der Waals surface area (Å²) in [6.45, 7) is 0.741. The number of halogens is 2. The van der Waals surface area contributed by atoms with Gasteiger partial charge in [-0.25, -0.2) is 0 Å². The summed E-state index contributed by atoms with van der Waals surface area (Å²) in [4.78, 5) is 12.4. The van der Waals surface area contributed by atoms with Crippen LogP contribution in [0.2, 0.25) is 5.02 Å². The minimum Gasteiger partial charge on any atom is -0.490 e. The molecular weight excluding hydrogens is 458 g/mol. The van der Waals surface area contributed by atoms with Gasteiger partial charge in [-0.2, -0.15) is 0 Å². The zero-order chi connectivity index (χ0) is 18.5. The highest BCUT2D eigenvalue weighted by Crippen LogP contribution is 2.31. The van der Waals surface area contributed by atoms with Crippen molar-refractivity contribution >= 4 is 67.8 Å². The minimum atomic E-state index is -0.197. The molecule has 0 unspecified atom stereocenters. The molecule has 1 aliphatic heterocycles. The number of rotatable bonds is 6. The van der Waals surface area contributed by atoms with Gasteiger partial charge in [0.2, 0.25) is 0 Å². The first-order chi connectivity index (χ1) is 12.5. The van der Waals surface area contributed by atoms with E-state index in [9.17, 15) is 4.79 Å². The fraction of sp³-hybridized carbons (Fsp3) is 0.111. The molecule has 0 atom stereocenters. The number of benzene rings is 2. The van der Waals surface area contributed by atoms with Gasteiger partial charge < -0.3 is 14.8 Å². The zero-order valence-corrected chi connectivity index (χ0v) is 17.3. The van der Waals surface area contributed by atoms with Gasteiger partial charge in [-0.05, 0) is 48.5 Å². The number of amides is 1. The summed E-state index contributed by atoms with van der Waals surface area (Å²) in [5, 5.41) is 3.26. The third-order valence-electron chi connectivity index (χ3n) is 3.32. The molecule has 0 aromatic heterocycles. The third-order valence-corrected chi connectivity index (χ3v) is 5.23. The number of thioether (sulfide) groups is 1. The number of ether oxygens (including phenoxy) is 2. The molecule has 2 aromatic carbocycles. The highest BCUT2D eigenvalue weighted by atomic mass is 79.9. The molecule has 1 saturated heterocycles. The van der Waals surface area contributed by atoms with Gasteiger partial charge in [0.25, 0.3) is 5.91 Å². The van der Waals surface area contributed by atoms with Crippen LogP contribution in [0.3, 0.4) is 0 Å². The predicted molar refractivity (Wildman–Crippen MR) is 113 cm³/mol. The average Bonchev–Trinajstić information content (AvgIpc) is 2.92. The predicted octanol–water partition coefficient (Wildman–Crippen LogP) is 5.05. The zero-order valence-electron chi connectivity index (χ0n) is 13.3. The molecule has 1 fully saturated rings. The van der Waals surface area contributed by atoms with Crippen molar-refractivity contribution in [2.24, 2.45) is 0 Å². The molecule has 0 saturated carbocycles. The van der Waals surface area contributed by atoms with Crippen LogP contribution in [-0.2, 0) is 4.79 Å². The molecular formula is C18H13BrClNO3S2. The lowest BCUT2D eigenvalue weighted by Crippen LogP contribution is -2.17. The molecule has 0 bridgehead atoms. The summed E-state index contributed by atoms with van der Waals surface area (Å²) in [5.41, 5.74) is 0.785. The SMILES string of the molecule is O=C1NC(=S)SC1=Cc1cc(Br)ccc1OCCOc1ccc(Cl)cc1. The monoisotopic (exact) mass is 469 g/mol. The molecule has 2 aromatic rings. The normalized spacial score (nSPS) is 15.2. The van der Waals surface area contributed by atoms with Crippen LogP contribution < -0.4 is 14.8 Å². The van der Waals surface area contributed by atoms with Gasteiger partial charge in [0.1, 0.15) is 29.0 Å². The van der Waals surface area contributed by atoms with Crippen LogP contribution in [0, 0.1) is 0 Å². The fourth-order valence-corrected chi connectivity index (χ4v) is 3.71. The third kappa shape index (κ3) is 5.23. The van der Waals surface area contributed by atoms with E-state index >= 15 is 0 Å². The first-order valence-corrected chi connectivity index (χ1v) is 9.96. The maximum atomic E-state index is 11.9. The second-order valence-corrected chi connectivity index (χ2v) is 8.26. The second kappa shape index (κ2) is 8.90. The van der Waals surface area contributed by atoms with Gasteiger partial charge in [0.05, 0.1) is 4.91 Å². The van der Waals surface area contributed by atoms with E-state index in [1.54, 1.807) is 30.3 Å². The van der Waals surface area contributed by atoms with Crippen molar-refractivity contribution in [3.8, 4) is 11.5 Å². The number of thiocarbonyl (C=S) groups is 1. The average molecular weight is 471 g/mol. The molecule has 0 radical (unpaired) electrons. The van der Waals surface area contributed by atoms with Crippen LogP contribution in [-0.4, -0.2) is 23.4 Å². The molecule has 134 valence electrons. The second-order valence-electron chi connectivity index (χ2n) is 5.19. The molecule has 0 aliphatic carbocycles. The van der Waals surface area contributed by atoms with E-state index in [1.165, 1.54) is 11.8 Å². The largest absolute Gasteiger partial charge is 0.490 e. The van der Waals surface area contributed by atoms with Gasteiger partial charge in [-0.15, -0.1) is 0 Å². The van der Waals surface area contributed by atoms with Crippen molar-refractivity contribution in [1.29, 1.82) is 0 Å². The Morgan fingerprint density at radius 3 is 2.58 bits per heavy atom. The van der Waals surface area contributed by atoms with Crippen molar-refractivity contribution in [1.82, 2.24) is 5.32 Å². The Morgan fingerprint density at radius 2 is 1.88 bits per heavy atom. The standard InChI is InChI=1S/C18H13BrClNO3S2/c19-12-1-6-15(11(9-12)10-16-17(22)21-18(25)26-16)24-8-7-23-14-4-2-13(20)3-5-14/h1-6,9-10H,7-8H2,(H,21,22,25). The van der Waals surface area contributed by atoms with E-state index in [0.717, 1.165) is 15.8 Å². The molecule has 3 rings (SSSR count). The minimum absolute atomic E-state index is 0.197. The van der Waals surface area contributed by atoms with Crippen molar-refractivity contribution in [2.45, 2.75) is 0 Å². The molecule has 8 heteroatoms. The van der Waals surface area contributed by atoms with Gasteiger partial charge in [0, 0.05) is 15.1 Å². The first kappa shape index (κ1) is 19.2. The number of nitrogens with one attached hydrogen (secondary N) is 1. The van der Waals surface area contributed by atoms with E-state index in [0.29, 0.717) is 33.2 Å². The number of hydrogen-bond donors (Lipinski definition) is 1. The highest BCUT2D eigenvalue weighted by Gasteiger charge is 2.22. The van der Waals surface area contributed by atoms with E-state index in [4.69, 9.17) is 33.3 Å². The summed E-state index contributed by atoms with van der Waals surface area (Å²) in [6, 6.07) is 12.8. The maximum Gasteiger partial charge on any atom is 0.263 e. The lowest BCUT2D eigenvalue weighted by atomic mass is 10.2. The quantitative estimate of drug-likeness (QED) is 0.364. The van der Waals surface area contributed by atoms with Crippen LogP contribution in [0.25, 0.3) is 6.08 Å². The fourth-order valence-electron chi connectivity index (χ4n) is 2.17. The Kier molecular flexibility index (Phi) is 6.58. The topological polar surface area (TPSA) is 47.6 Å². The Bertz CT molecular complexity index is 871. The van der Waals surface area contributed by atoms with Crippen LogP contribution in [0.1, 0.15) is 5.56 Å².